The number of fused-ring (bicyclic) bond motifs is 1. The van der Waals surface area contributed by atoms with Crippen molar-refractivity contribution in [1.82, 2.24) is 9.97 Å². The van der Waals surface area contributed by atoms with Gasteiger partial charge in [-0.05, 0) is 49.4 Å². The molecular formula is C21H19N3O3S3. The molecule has 1 N–H and O–H groups in total. The van der Waals surface area contributed by atoms with Gasteiger partial charge < -0.3 is 14.8 Å². The number of benzene rings is 2. The molecule has 1 amide bonds. The predicted molar refractivity (Wildman–Crippen MR) is 124 cm³/mol. The number of carbonyl (C=O) groups is 1. The molecule has 2 aromatic carbocycles. The maximum atomic E-state index is 12.3. The minimum atomic E-state index is -0.107. The molecular weight excluding hydrogens is 438 g/mol. The van der Waals surface area contributed by atoms with Gasteiger partial charge in [-0.2, -0.15) is 0 Å². The molecule has 0 saturated carbocycles. The molecule has 0 radical (unpaired) electrons. The van der Waals surface area contributed by atoms with Gasteiger partial charge in [0, 0.05) is 10.9 Å². The van der Waals surface area contributed by atoms with Gasteiger partial charge >= 0.3 is 0 Å². The maximum Gasteiger partial charge on any atom is 0.236 e. The van der Waals surface area contributed by atoms with Gasteiger partial charge in [-0.25, -0.2) is 9.97 Å². The van der Waals surface area contributed by atoms with Crippen LogP contribution in [-0.2, 0) is 4.79 Å². The zero-order chi connectivity index (χ0) is 20.9. The Morgan fingerprint density at radius 2 is 1.93 bits per heavy atom. The monoisotopic (exact) mass is 457 g/mol. The van der Waals surface area contributed by atoms with Crippen LogP contribution >= 0.6 is 34.4 Å². The molecule has 2 aromatic heterocycles. The van der Waals surface area contributed by atoms with Crippen molar-refractivity contribution in [1.29, 1.82) is 0 Å². The quantitative estimate of drug-likeness (QED) is 0.349. The molecule has 4 aromatic rings. The largest absolute Gasteiger partial charge is 0.497 e. The highest BCUT2D eigenvalue weighted by Crippen LogP contribution is 2.32. The van der Waals surface area contributed by atoms with E-state index in [1.807, 2.05) is 54.8 Å². The van der Waals surface area contributed by atoms with Crippen molar-refractivity contribution in [2.24, 2.45) is 0 Å². The number of ether oxygens (including phenoxy) is 2. The molecule has 0 atom stereocenters. The van der Waals surface area contributed by atoms with Crippen LogP contribution in [-0.4, -0.2) is 35.3 Å². The zero-order valence-electron chi connectivity index (χ0n) is 16.4. The number of anilines is 1. The van der Waals surface area contributed by atoms with Crippen LogP contribution in [0.1, 0.15) is 6.92 Å². The second-order valence-electron chi connectivity index (χ2n) is 6.15. The summed E-state index contributed by atoms with van der Waals surface area (Å²) in [5.41, 5.74) is 2.71. The molecule has 9 heteroatoms. The second-order valence-corrected chi connectivity index (χ2v) is 9.26. The van der Waals surface area contributed by atoms with Crippen LogP contribution in [0.4, 0.5) is 5.13 Å². The first kappa shape index (κ1) is 20.6. The molecule has 0 aliphatic rings. The lowest BCUT2D eigenvalue weighted by molar-refractivity contribution is -0.113. The average molecular weight is 458 g/mol. The fraction of sp³-hybridized carbons (Fsp3) is 0.190. The fourth-order valence-corrected chi connectivity index (χ4v) is 5.34. The van der Waals surface area contributed by atoms with Crippen LogP contribution in [0.15, 0.2) is 52.2 Å². The van der Waals surface area contributed by atoms with Gasteiger partial charge in [0.1, 0.15) is 11.5 Å². The third-order valence-corrected chi connectivity index (χ3v) is 7.03. The SMILES string of the molecule is CCOc1ccc2nc(SCC(=O)Nc3nc(-c4ccc(OC)cc4)cs3)sc2c1. The summed E-state index contributed by atoms with van der Waals surface area (Å²) >= 11 is 4.38. The highest BCUT2D eigenvalue weighted by atomic mass is 32.2. The van der Waals surface area contributed by atoms with Gasteiger partial charge in [-0.15, -0.1) is 22.7 Å². The van der Waals surface area contributed by atoms with Crippen molar-refractivity contribution in [2.75, 3.05) is 24.8 Å². The molecule has 0 fully saturated rings. The Morgan fingerprint density at radius 3 is 2.70 bits per heavy atom. The normalized spacial score (nSPS) is 10.9. The van der Waals surface area contributed by atoms with Crippen LogP contribution in [0.5, 0.6) is 11.5 Å². The van der Waals surface area contributed by atoms with Crippen molar-refractivity contribution < 1.29 is 14.3 Å². The van der Waals surface area contributed by atoms with E-state index in [0.29, 0.717) is 11.7 Å². The summed E-state index contributed by atoms with van der Waals surface area (Å²) in [6, 6.07) is 13.5. The van der Waals surface area contributed by atoms with E-state index in [9.17, 15) is 4.79 Å². The van der Waals surface area contributed by atoms with Crippen molar-refractivity contribution >= 4 is 55.7 Å². The minimum Gasteiger partial charge on any atom is -0.497 e. The molecule has 30 heavy (non-hydrogen) atoms. The summed E-state index contributed by atoms with van der Waals surface area (Å²) in [6.45, 7) is 2.59. The minimum absolute atomic E-state index is 0.107. The smallest absolute Gasteiger partial charge is 0.236 e. The summed E-state index contributed by atoms with van der Waals surface area (Å²) in [7, 11) is 1.63. The Kier molecular flexibility index (Phi) is 6.51. The Bertz CT molecular complexity index is 1160. The molecule has 2 heterocycles. The Morgan fingerprint density at radius 1 is 1.13 bits per heavy atom. The highest BCUT2D eigenvalue weighted by Gasteiger charge is 2.11. The van der Waals surface area contributed by atoms with Gasteiger partial charge in [0.05, 0.1) is 35.4 Å². The van der Waals surface area contributed by atoms with Crippen molar-refractivity contribution in [3.63, 3.8) is 0 Å². The number of rotatable bonds is 8. The first-order valence-corrected chi connectivity index (χ1v) is 11.9. The molecule has 0 aliphatic carbocycles. The van der Waals surface area contributed by atoms with Crippen molar-refractivity contribution in [2.45, 2.75) is 11.3 Å². The third-order valence-electron chi connectivity index (χ3n) is 4.11. The third kappa shape index (κ3) is 4.92. The molecule has 6 nitrogen and oxygen atoms in total. The molecule has 154 valence electrons. The van der Waals surface area contributed by atoms with E-state index in [-0.39, 0.29) is 11.7 Å². The van der Waals surface area contributed by atoms with Gasteiger partial charge in [0.2, 0.25) is 5.91 Å². The van der Waals surface area contributed by atoms with E-state index in [4.69, 9.17) is 9.47 Å². The standard InChI is InChI=1S/C21H19N3O3S3/c1-3-27-15-8-9-16-18(10-15)30-21(23-16)29-12-19(25)24-20-22-17(11-28-20)13-4-6-14(26-2)7-5-13/h4-11H,3,12H2,1-2H3,(H,22,24,25). The molecule has 0 saturated heterocycles. The number of nitrogens with one attached hydrogen (secondary N) is 1. The number of nitrogens with zero attached hydrogens (tertiary/aromatic N) is 2. The maximum absolute atomic E-state index is 12.3. The number of thiazole rings is 2. The topological polar surface area (TPSA) is 73.3 Å². The van der Waals surface area contributed by atoms with Crippen LogP contribution < -0.4 is 14.8 Å². The summed E-state index contributed by atoms with van der Waals surface area (Å²) < 4.78 is 12.6. The summed E-state index contributed by atoms with van der Waals surface area (Å²) in [6.07, 6.45) is 0. The Balaban J connectivity index is 1.34. The van der Waals surface area contributed by atoms with Crippen LogP contribution in [0, 0.1) is 0 Å². The number of thioether (sulfide) groups is 1. The van der Waals surface area contributed by atoms with E-state index in [1.165, 1.54) is 23.1 Å². The first-order chi connectivity index (χ1) is 14.6. The molecule has 0 unspecified atom stereocenters. The summed E-state index contributed by atoms with van der Waals surface area (Å²) in [5.74, 6) is 1.79. The van der Waals surface area contributed by atoms with Gasteiger partial charge in [0.15, 0.2) is 9.47 Å². The molecule has 0 bridgehead atoms. The number of hydrogen-bond donors (Lipinski definition) is 1. The van der Waals surface area contributed by atoms with Crippen LogP contribution in [0.2, 0.25) is 0 Å². The molecule has 4 rings (SSSR count). The Hall–Kier alpha value is -2.62. The van der Waals surface area contributed by atoms with E-state index in [1.54, 1.807) is 18.4 Å². The van der Waals surface area contributed by atoms with E-state index >= 15 is 0 Å². The number of aromatic nitrogens is 2. The average Bonchev–Trinajstić information content (AvgIpc) is 3.39. The van der Waals surface area contributed by atoms with Gasteiger partial charge in [-0.1, -0.05) is 11.8 Å². The van der Waals surface area contributed by atoms with Gasteiger partial charge in [0.25, 0.3) is 0 Å². The first-order valence-electron chi connectivity index (χ1n) is 9.20. The zero-order valence-corrected chi connectivity index (χ0v) is 18.8. The van der Waals surface area contributed by atoms with Gasteiger partial charge in [-0.3, -0.25) is 4.79 Å². The van der Waals surface area contributed by atoms with Crippen molar-refractivity contribution in [3.05, 3.63) is 47.8 Å². The number of hydrogen-bond acceptors (Lipinski definition) is 8. The van der Waals surface area contributed by atoms with E-state index in [2.05, 4.69) is 15.3 Å². The lowest BCUT2D eigenvalue weighted by atomic mass is 10.2. The number of carbonyl (C=O) groups excluding carboxylic acids is 1. The Labute approximate surface area is 186 Å². The number of amides is 1. The number of methoxy groups -OCH3 is 1. The van der Waals surface area contributed by atoms with Crippen molar-refractivity contribution in [3.8, 4) is 22.8 Å². The lowest BCUT2D eigenvalue weighted by Crippen LogP contribution is -2.13. The molecule has 0 spiro atoms. The molecule has 0 aliphatic heterocycles. The van der Waals surface area contributed by atoms with E-state index in [0.717, 1.165) is 37.3 Å². The fourth-order valence-electron chi connectivity index (χ4n) is 2.71. The predicted octanol–water partition coefficient (Wildman–Crippen LogP) is 5.56. The van der Waals surface area contributed by atoms with Crippen LogP contribution in [0.25, 0.3) is 21.5 Å². The van der Waals surface area contributed by atoms with Crippen LogP contribution in [0.3, 0.4) is 0 Å². The lowest BCUT2D eigenvalue weighted by Gasteiger charge is -2.01. The summed E-state index contributed by atoms with van der Waals surface area (Å²) in [4.78, 5) is 21.4. The highest BCUT2D eigenvalue weighted by molar-refractivity contribution is 8.01. The second kappa shape index (κ2) is 9.46. The van der Waals surface area contributed by atoms with E-state index < -0.39 is 0 Å². The summed E-state index contributed by atoms with van der Waals surface area (Å²) in [5, 5.41) is 5.37.